The summed E-state index contributed by atoms with van der Waals surface area (Å²) in [4.78, 5) is 0. The summed E-state index contributed by atoms with van der Waals surface area (Å²) >= 11 is 0. The molecule has 126 valence electrons. The van der Waals surface area contributed by atoms with Gasteiger partial charge in [-0.3, -0.25) is 0 Å². The Morgan fingerprint density at radius 1 is 0.571 bits per heavy atom. The quantitative estimate of drug-likeness (QED) is 0.231. The molecule has 0 aliphatic heterocycles. The summed E-state index contributed by atoms with van der Waals surface area (Å²) in [6, 6.07) is 0. The van der Waals surface area contributed by atoms with E-state index < -0.39 is 0 Å². The van der Waals surface area contributed by atoms with Gasteiger partial charge in [-0.15, -0.1) is 6.58 Å². The Morgan fingerprint density at radius 3 is 1.14 bits per heavy atom. The second kappa shape index (κ2) is 17.8. The first kappa shape index (κ1) is 20.7. The van der Waals surface area contributed by atoms with Gasteiger partial charge in [0, 0.05) is 6.61 Å². The van der Waals surface area contributed by atoms with Gasteiger partial charge in [0.2, 0.25) is 0 Å². The van der Waals surface area contributed by atoms with Crippen molar-refractivity contribution in [2.75, 3.05) is 6.61 Å². The predicted molar refractivity (Wildman–Crippen MR) is 95.8 cm³/mol. The minimum atomic E-state index is 0.369. The Kier molecular flexibility index (Phi) is 17.5. The molecule has 0 aromatic rings. The lowest BCUT2D eigenvalue weighted by molar-refractivity contribution is 0.282. The molecule has 1 nitrogen and oxygen atoms in total. The van der Waals surface area contributed by atoms with Crippen molar-refractivity contribution >= 4 is 0 Å². The molecule has 0 saturated heterocycles. The lowest BCUT2D eigenvalue weighted by Crippen LogP contribution is -1.85. The molecule has 1 N–H and O–H groups in total. The summed E-state index contributed by atoms with van der Waals surface area (Å²) in [6.45, 7) is 6.46. The summed E-state index contributed by atoms with van der Waals surface area (Å²) in [6.07, 6.45) is 21.7. The van der Waals surface area contributed by atoms with E-state index in [0.717, 1.165) is 6.42 Å². The van der Waals surface area contributed by atoms with Crippen LogP contribution in [0.5, 0.6) is 0 Å². The average Bonchev–Trinajstić information content (AvgIpc) is 2.46. The second-order valence-corrected chi connectivity index (χ2v) is 6.73. The zero-order chi connectivity index (χ0) is 15.6. The topological polar surface area (TPSA) is 20.2 Å². The minimum Gasteiger partial charge on any atom is -0.396 e. The van der Waals surface area contributed by atoms with Gasteiger partial charge in [-0.1, -0.05) is 89.0 Å². The van der Waals surface area contributed by atoms with Gasteiger partial charge in [0.25, 0.3) is 0 Å². The molecule has 0 atom stereocenters. The van der Waals surface area contributed by atoms with Crippen molar-refractivity contribution in [1.82, 2.24) is 0 Å². The van der Waals surface area contributed by atoms with Gasteiger partial charge in [0.05, 0.1) is 0 Å². The number of unbranched alkanes of at least 4 members (excludes halogenated alkanes) is 14. The zero-order valence-electron chi connectivity index (χ0n) is 14.7. The van der Waals surface area contributed by atoms with Gasteiger partial charge >= 0.3 is 0 Å². The Morgan fingerprint density at radius 2 is 0.857 bits per heavy atom. The lowest BCUT2D eigenvalue weighted by Gasteiger charge is -2.03. The van der Waals surface area contributed by atoms with Crippen LogP contribution in [-0.4, -0.2) is 11.7 Å². The van der Waals surface area contributed by atoms with Crippen molar-refractivity contribution < 1.29 is 5.11 Å². The lowest BCUT2D eigenvalue weighted by atomic mass is 10.0. The van der Waals surface area contributed by atoms with Crippen LogP contribution in [0.15, 0.2) is 12.2 Å². The third-order valence-electron chi connectivity index (χ3n) is 4.26. The first-order valence-electron chi connectivity index (χ1n) is 9.52. The largest absolute Gasteiger partial charge is 0.396 e. The van der Waals surface area contributed by atoms with Crippen LogP contribution in [0, 0.1) is 0 Å². The van der Waals surface area contributed by atoms with E-state index in [-0.39, 0.29) is 0 Å². The smallest absolute Gasteiger partial charge is 0.0431 e. The molecule has 0 fully saturated rings. The van der Waals surface area contributed by atoms with E-state index in [4.69, 9.17) is 5.11 Å². The maximum absolute atomic E-state index is 8.69. The second-order valence-electron chi connectivity index (χ2n) is 6.73. The van der Waals surface area contributed by atoms with Crippen LogP contribution in [-0.2, 0) is 0 Å². The maximum atomic E-state index is 8.69. The van der Waals surface area contributed by atoms with Crippen molar-refractivity contribution in [2.24, 2.45) is 0 Å². The molecular weight excluding hydrogens is 256 g/mol. The monoisotopic (exact) mass is 296 g/mol. The fraction of sp³-hybridized carbons (Fsp3) is 0.900. The van der Waals surface area contributed by atoms with Gasteiger partial charge in [-0.25, -0.2) is 0 Å². The summed E-state index contributed by atoms with van der Waals surface area (Å²) in [5.41, 5.74) is 1.34. The molecule has 1 heteroatoms. The van der Waals surface area contributed by atoms with Crippen molar-refractivity contribution in [2.45, 2.75) is 110 Å². The molecule has 0 rings (SSSR count). The highest BCUT2D eigenvalue weighted by Crippen LogP contribution is 2.14. The fourth-order valence-electron chi connectivity index (χ4n) is 2.84. The number of hydrogen-bond donors (Lipinski definition) is 1. The van der Waals surface area contributed by atoms with Crippen LogP contribution in [0.1, 0.15) is 110 Å². The van der Waals surface area contributed by atoms with Gasteiger partial charge < -0.3 is 5.11 Å². The van der Waals surface area contributed by atoms with Crippen LogP contribution in [0.4, 0.5) is 0 Å². The van der Waals surface area contributed by atoms with Gasteiger partial charge in [-0.2, -0.15) is 0 Å². The van der Waals surface area contributed by atoms with Gasteiger partial charge in [0.1, 0.15) is 0 Å². The minimum absolute atomic E-state index is 0.369. The molecule has 0 aliphatic carbocycles. The summed E-state index contributed by atoms with van der Waals surface area (Å²) in [5.74, 6) is 0. The first-order valence-corrected chi connectivity index (χ1v) is 9.52. The number of rotatable bonds is 17. The van der Waals surface area contributed by atoms with Gasteiger partial charge in [0.15, 0.2) is 0 Å². The molecule has 0 aromatic heterocycles. The highest BCUT2D eigenvalue weighted by molar-refractivity contribution is 4.86. The SMILES string of the molecule is C=C(C)CCCCCCCCCCCCCCCCCO. The van der Waals surface area contributed by atoms with Gasteiger partial charge in [-0.05, 0) is 26.2 Å². The molecule has 0 unspecified atom stereocenters. The molecule has 0 heterocycles. The van der Waals surface area contributed by atoms with Crippen molar-refractivity contribution in [3.05, 3.63) is 12.2 Å². The first-order chi connectivity index (χ1) is 10.3. The molecule has 0 saturated carbocycles. The van der Waals surface area contributed by atoms with E-state index in [0.29, 0.717) is 6.61 Å². The fourth-order valence-corrected chi connectivity index (χ4v) is 2.84. The molecule has 0 spiro atoms. The van der Waals surface area contributed by atoms with E-state index in [1.54, 1.807) is 0 Å². The van der Waals surface area contributed by atoms with E-state index in [1.165, 1.54) is 102 Å². The van der Waals surface area contributed by atoms with E-state index in [9.17, 15) is 0 Å². The summed E-state index contributed by atoms with van der Waals surface area (Å²) < 4.78 is 0. The van der Waals surface area contributed by atoms with E-state index >= 15 is 0 Å². The van der Waals surface area contributed by atoms with Crippen LogP contribution in [0.3, 0.4) is 0 Å². The molecule has 0 bridgehead atoms. The number of allylic oxidation sites excluding steroid dienone is 1. The molecule has 0 radical (unpaired) electrons. The molecule has 0 aromatic carbocycles. The van der Waals surface area contributed by atoms with Crippen molar-refractivity contribution in [3.63, 3.8) is 0 Å². The highest BCUT2D eigenvalue weighted by atomic mass is 16.2. The third kappa shape index (κ3) is 19.7. The molecular formula is C20H40O. The van der Waals surface area contributed by atoms with Crippen LogP contribution in [0.25, 0.3) is 0 Å². The highest BCUT2D eigenvalue weighted by Gasteiger charge is 1.94. The van der Waals surface area contributed by atoms with E-state index in [1.807, 2.05) is 0 Å². The molecule has 0 aliphatic rings. The number of aliphatic hydroxyl groups excluding tert-OH is 1. The van der Waals surface area contributed by atoms with E-state index in [2.05, 4.69) is 13.5 Å². The Balaban J connectivity index is 2.95. The van der Waals surface area contributed by atoms with Crippen molar-refractivity contribution in [1.29, 1.82) is 0 Å². The third-order valence-corrected chi connectivity index (χ3v) is 4.26. The normalized spacial score (nSPS) is 11.0. The van der Waals surface area contributed by atoms with Crippen molar-refractivity contribution in [3.8, 4) is 0 Å². The Hall–Kier alpha value is -0.300. The standard InChI is InChI=1S/C20H40O/c1-20(2)18-16-14-12-10-8-6-4-3-5-7-9-11-13-15-17-19-21/h21H,1,3-19H2,2H3. The summed E-state index contributed by atoms with van der Waals surface area (Å²) in [7, 11) is 0. The Bertz CT molecular complexity index is 210. The predicted octanol–water partition coefficient (Wildman–Crippen LogP) is 6.80. The maximum Gasteiger partial charge on any atom is 0.0431 e. The van der Waals surface area contributed by atoms with Crippen LogP contribution in [0.2, 0.25) is 0 Å². The molecule has 0 amide bonds. The van der Waals surface area contributed by atoms with Crippen LogP contribution < -0.4 is 0 Å². The Labute approximate surface area is 134 Å². The number of hydrogen-bond acceptors (Lipinski definition) is 1. The average molecular weight is 297 g/mol. The number of aliphatic hydroxyl groups is 1. The zero-order valence-corrected chi connectivity index (χ0v) is 14.7. The summed E-state index contributed by atoms with van der Waals surface area (Å²) in [5, 5.41) is 8.69. The molecule has 21 heavy (non-hydrogen) atoms. The van der Waals surface area contributed by atoms with Crippen LogP contribution >= 0.6 is 0 Å².